The standard InChI is InChI=1S/C17H25NO4/c1-3-21-17(19)14-7-9-18(10-8-14)11-12-22-16-6-4-5-15(13-16)20-2/h4-6,13-14H,3,7-12H2,1-2H3/p+1. The van der Waals surface area contributed by atoms with E-state index >= 15 is 0 Å². The van der Waals surface area contributed by atoms with E-state index in [0.717, 1.165) is 44.0 Å². The minimum absolute atomic E-state index is 0.0332. The van der Waals surface area contributed by atoms with Crippen molar-refractivity contribution in [2.45, 2.75) is 19.8 Å². The number of carbonyl (C=O) groups excluding carboxylic acids is 1. The van der Waals surface area contributed by atoms with Crippen molar-refractivity contribution in [3.63, 3.8) is 0 Å². The molecule has 0 amide bonds. The van der Waals surface area contributed by atoms with Crippen molar-refractivity contribution in [3.05, 3.63) is 24.3 Å². The summed E-state index contributed by atoms with van der Waals surface area (Å²) in [6.07, 6.45) is 1.82. The number of rotatable bonds is 7. The van der Waals surface area contributed by atoms with E-state index in [0.29, 0.717) is 13.2 Å². The number of nitrogens with one attached hydrogen (secondary N) is 1. The van der Waals surface area contributed by atoms with Gasteiger partial charge in [-0.3, -0.25) is 4.79 Å². The highest BCUT2D eigenvalue weighted by Gasteiger charge is 2.28. The molecule has 1 aliphatic rings. The molecule has 1 N–H and O–H groups in total. The third-order valence-electron chi connectivity index (χ3n) is 4.08. The molecular weight excluding hydrogens is 282 g/mol. The summed E-state index contributed by atoms with van der Waals surface area (Å²) < 4.78 is 16.0. The molecule has 0 unspecified atom stereocenters. The summed E-state index contributed by atoms with van der Waals surface area (Å²) in [4.78, 5) is 13.2. The van der Waals surface area contributed by atoms with E-state index < -0.39 is 0 Å². The molecule has 0 aromatic heterocycles. The van der Waals surface area contributed by atoms with Gasteiger partial charge in [0.2, 0.25) is 0 Å². The maximum atomic E-state index is 11.7. The van der Waals surface area contributed by atoms with Crippen molar-refractivity contribution in [2.75, 3.05) is 40.0 Å². The first-order valence-corrected chi connectivity index (χ1v) is 8.00. The van der Waals surface area contributed by atoms with Gasteiger partial charge < -0.3 is 19.1 Å². The Morgan fingerprint density at radius 3 is 2.68 bits per heavy atom. The van der Waals surface area contributed by atoms with E-state index in [9.17, 15) is 4.79 Å². The molecule has 5 nitrogen and oxygen atoms in total. The topological polar surface area (TPSA) is 49.2 Å². The summed E-state index contributed by atoms with van der Waals surface area (Å²) in [5.74, 6) is 1.69. The molecule has 0 aliphatic carbocycles. The zero-order chi connectivity index (χ0) is 15.8. The van der Waals surface area contributed by atoms with Gasteiger partial charge in [-0.2, -0.15) is 0 Å². The van der Waals surface area contributed by atoms with Crippen molar-refractivity contribution in [1.29, 1.82) is 0 Å². The summed E-state index contributed by atoms with van der Waals surface area (Å²) in [5, 5.41) is 0. The Hall–Kier alpha value is -1.75. The number of esters is 1. The Balaban J connectivity index is 1.67. The predicted molar refractivity (Wildman–Crippen MR) is 83.4 cm³/mol. The highest BCUT2D eigenvalue weighted by atomic mass is 16.5. The average Bonchev–Trinajstić information content (AvgIpc) is 2.56. The molecule has 22 heavy (non-hydrogen) atoms. The highest BCUT2D eigenvalue weighted by Crippen LogP contribution is 2.18. The monoisotopic (exact) mass is 308 g/mol. The molecule has 1 aromatic carbocycles. The zero-order valence-electron chi connectivity index (χ0n) is 13.5. The molecule has 1 saturated heterocycles. The Labute approximate surface area is 132 Å². The molecule has 5 heteroatoms. The van der Waals surface area contributed by atoms with Crippen molar-refractivity contribution in [1.82, 2.24) is 0 Å². The highest BCUT2D eigenvalue weighted by molar-refractivity contribution is 5.72. The van der Waals surface area contributed by atoms with Gasteiger partial charge in [-0.1, -0.05) is 6.07 Å². The van der Waals surface area contributed by atoms with Gasteiger partial charge in [-0.25, -0.2) is 0 Å². The van der Waals surface area contributed by atoms with Crippen LogP contribution in [0.4, 0.5) is 0 Å². The van der Waals surface area contributed by atoms with Crippen LogP contribution in [0, 0.1) is 5.92 Å². The molecule has 0 bridgehead atoms. The molecule has 122 valence electrons. The van der Waals surface area contributed by atoms with Crippen LogP contribution >= 0.6 is 0 Å². The van der Waals surface area contributed by atoms with Crippen LogP contribution in [0.5, 0.6) is 11.5 Å². The largest absolute Gasteiger partial charge is 0.497 e. The van der Waals surface area contributed by atoms with Crippen LogP contribution in [0.1, 0.15) is 19.8 Å². The van der Waals surface area contributed by atoms with Crippen molar-refractivity contribution >= 4 is 5.97 Å². The fraction of sp³-hybridized carbons (Fsp3) is 0.588. The third-order valence-corrected chi connectivity index (χ3v) is 4.08. The second kappa shape index (κ2) is 8.63. The van der Waals surface area contributed by atoms with E-state index in [1.165, 1.54) is 4.90 Å². The average molecular weight is 308 g/mol. The lowest BCUT2D eigenvalue weighted by Gasteiger charge is -2.28. The molecule has 0 atom stereocenters. The number of hydrogen-bond donors (Lipinski definition) is 1. The molecule has 1 heterocycles. The summed E-state index contributed by atoms with van der Waals surface area (Å²) in [7, 11) is 1.65. The molecule has 0 spiro atoms. The van der Waals surface area contributed by atoms with Crippen LogP contribution in [-0.4, -0.2) is 45.9 Å². The van der Waals surface area contributed by atoms with Gasteiger partial charge >= 0.3 is 5.97 Å². The molecule has 1 aliphatic heterocycles. The van der Waals surface area contributed by atoms with Gasteiger partial charge in [0, 0.05) is 18.9 Å². The van der Waals surface area contributed by atoms with Crippen LogP contribution in [0.25, 0.3) is 0 Å². The fourth-order valence-electron chi connectivity index (χ4n) is 2.78. The summed E-state index contributed by atoms with van der Waals surface area (Å²) in [6.45, 7) is 5.96. The van der Waals surface area contributed by atoms with Gasteiger partial charge in [0.15, 0.2) is 0 Å². The molecule has 0 radical (unpaired) electrons. The van der Waals surface area contributed by atoms with E-state index in [2.05, 4.69) is 0 Å². The predicted octanol–water partition coefficient (Wildman–Crippen LogP) is 0.932. The van der Waals surface area contributed by atoms with Gasteiger partial charge in [-0.15, -0.1) is 0 Å². The Morgan fingerprint density at radius 1 is 1.27 bits per heavy atom. The van der Waals surface area contributed by atoms with E-state index in [1.54, 1.807) is 7.11 Å². The lowest BCUT2D eigenvalue weighted by molar-refractivity contribution is -0.905. The van der Waals surface area contributed by atoms with Crippen LogP contribution in [0.15, 0.2) is 24.3 Å². The van der Waals surface area contributed by atoms with Gasteiger partial charge in [0.25, 0.3) is 0 Å². The van der Waals surface area contributed by atoms with Crippen LogP contribution < -0.4 is 14.4 Å². The first-order valence-electron chi connectivity index (χ1n) is 8.00. The lowest BCUT2D eigenvalue weighted by Crippen LogP contribution is -3.13. The number of methoxy groups -OCH3 is 1. The summed E-state index contributed by atoms with van der Waals surface area (Å²) in [5.41, 5.74) is 0. The van der Waals surface area contributed by atoms with Gasteiger partial charge in [0.05, 0.1) is 32.7 Å². The summed E-state index contributed by atoms with van der Waals surface area (Å²) >= 11 is 0. The first-order chi connectivity index (χ1) is 10.7. The number of ether oxygens (including phenoxy) is 3. The van der Waals surface area contributed by atoms with Crippen LogP contribution in [-0.2, 0) is 9.53 Å². The maximum absolute atomic E-state index is 11.7. The normalized spacial score (nSPS) is 21.2. The number of hydrogen-bond acceptors (Lipinski definition) is 4. The number of likely N-dealkylation sites (tertiary alicyclic amines) is 1. The quantitative estimate of drug-likeness (QED) is 0.762. The summed E-state index contributed by atoms with van der Waals surface area (Å²) in [6, 6.07) is 7.65. The smallest absolute Gasteiger partial charge is 0.309 e. The van der Waals surface area contributed by atoms with E-state index in [1.807, 2.05) is 31.2 Å². The Morgan fingerprint density at radius 2 is 2.00 bits per heavy atom. The first kappa shape index (κ1) is 16.6. The third kappa shape index (κ3) is 4.91. The minimum Gasteiger partial charge on any atom is -0.497 e. The maximum Gasteiger partial charge on any atom is 0.309 e. The molecule has 1 fully saturated rings. The number of quaternary nitrogens is 1. The van der Waals surface area contributed by atoms with Crippen molar-refractivity contribution < 1.29 is 23.9 Å². The SMILES string of the molecule is CCOC(=O)C1CC[NH+](CCOc2cccc(OC)c2)CC1. The lowest BCUT2D eigenvalue weighted by atomic mass is 9.97. The van der Waals surface area contributed by atoms with Crippen LogP contribution in [0.3, 0.4) is 0 Å². The molecular formula is C17H26NO4+. The number of piperidine rings is 1. The Kier molecular flexibility index (Phi) is 6.52. The van der Waals surface area contributed by atoms with Crippen molar-refractivity contribution in [2.24, 2.45) is 5.92 Å². The second-order valence-corrected chi connectivity index (χ2v) is 5.55. The minimum atomic E-state index is -0.0332. The van der Waals surface area contributed by atoms with E-state index in [4.69, 9.17) is 14.2 Å². The molecule has 0 saturated carbocycles. The van der Waals surface area contributed by atoms with E-state index in [-0.39, 0.29) is 11.9 Å². The second-order valence-electron chi connectivity index (χ2n) is 5.55. The zero-order valence-corrected chi connectivity index (χ0v) is 13.5. The molecule has 1 aromatic rings. The van der Waals surface area contributed by atoms with Gasteiger partial charge in [-0.05, 0) is 19.1 Å². The molecule has 2 rings (SSSR count). The number of carbonyl (C=O) groups is 1. The van der Waals surface area contributed by atoms with Gasteiger partial charge in [0.1, 0.15) is 24.7 Å². The fourth-order valence-corrected chi connectivity index (χ4v) is 2.78. The Bertz CT molecular complexity index is 469. The van der Waals surface area contributed by atoms with Crippen molar-refractivity contribution in [3.8, 4) is 11.5 Å². The number of benzene rings is 1. The van der Waals surface area contributed by atoms with Crippen LogP contribution in [0.2, 0.25) is 0 Å².